The van der Waals surface area contributed by atoms with Gasteiger partial charge in [0.05, 0.1) is 7.11 Å². The van der Waals surface area contributed by atoms with E-state index in [2.05, 4.69) is 44.4 Å². The zero-order chi connectivity index (χ0) is 48.3. The summed E-state index contributed by atoms with van der Waals surface area (Å²) in [6.07, 6.45) is 22.8. The van der Waals surface area contributed by atoms with Crippen LogP contribution in [0.2, 0.25) is 0 Å². The van der Waals surface area contributed by atoms with E-state index in [9.17, 15) is 14.4 Å². The number of hydrogen-bond acceptors (Lipinski definition) is 7. The number of alkyl carbamates (subject to hydrolysis) is 2. The third-order valence-electron chi connectivity index (χ3n) is 16.4. The van der Waals surface area contributed by atoms with E-state index < -0.39 is 28.9 Å². The molecule has 3 amide bonds. The molecule has 1 aromatic rings. The monoisotopic (exact) mass is 920 g/mol. The Balaban J connectivity index is 1.11. The number of benzene rings is 1. The molecule has 4 aliphatic rings. The minimum absolute atomic E-state index is 0.115. The van der Waals surface area contributed by atoms with E-state index in [0.29, 0.717) is 24.9 Å². The van der Waals surface area contributed by atoms with Crippen LogP contribution in [0.5, 0.6) is 5.75 Å². The molecule has 5 rings (SSSR count). The lowest BCUT2D eigenvalue weighted by Crippen LogP contribution is -2.51. The number of carbonyl (C=O) groups excluding carboxylic acids is 3. The zero-order valence-corrected chi connectivity index (χ0v) is 43.7. The van der Waals surface area contributed by atoms with Crippen LogP contribution in [-0.4, -0.2) is 66.2 Å². The lowest BCUT2D eigenvalue weighted by atomic mass is 9.47. The lowest BCUT2D eigenvalue weighted by Gasteiger charge is -2.58. The first-order valence-corrected chi connectivity index (χ1v) is 26.3. The largest absolute Gasteiger partial charge is 0.497 e. The average Bonchev–Trinajstić information content (AvgIpc) is 3.57. The number of nitrogens with zero attached hydrogens (tertiary/aromatic N) is 1. The van der Waals surface area contributed by atoms with Crippen molar-refractivity contribution in [1.29, 1.82) is 0 Å². The molecular formula is C56H93N3O7. The number of carbonyl (C=O) groups is 3. The molecule has 7 atom stereocenters. The van der Waals surface area contributed by atoms with Gasteiger partial charge in [-0.25, -0.2) is 14.4 Å². The summed E-state index contributed by atoms with van der Waals surface area (Å²) in [5.41, 5.74) is 1.57. The van der Waals surface area contributed by atoms with Crippen LogP contribution >= 0.6 is 0 Å². The van der Waals surface area contributed by atoms with E-state index in [-0.39, 0.29) is 24.2 Å². The van der Waals surface area contributed by atoms with Crippen LogP contribution in [0.4, 0.5) is 14.4 Å². The average molecular weight is 920 g/mol. The summed E-state index contributed by atoms with van der Waals surface area (Å²) in [5, 5.41) is 6.06. The molecule has 0 aromatic heterocycles. The maximum absolute atomic E-state index is 14.2. The molecule has 4 aliphatic carbocycles. The third kappa shape index (κ3) is 15.3. The number of unbranched alkanes of at least 4 members (excludes halogenated alkanes) is 5. The van der Waals surface area contributed by atoms with Gasteiger partial charge in [0.15, 0.2) is 0 Å². The van der Waals surface area contributed by atoms with Crippen molar-refractivity contribution >= 4 is 18.3 Å². The smallest absolute Gasteiger partial charge is 0.410 e. The van der Waals surface area contributed by atoms with Crippen LogP contribution < -0.4 is 15.4 Å². The molecule has 0 radical (unpaired) electrons. The van der Waals surface area contributed by atoms with Crippen molar-refractivity contribution in [3.05, 3.63) is 41.5 Å². The van der Waals surface area contributed by atoms with Gasteiger partial charge in [0.25, 0.3) is 0 Å². The Hall–Kier alpha value is -3.43. The first kappa shape index (κ1) is 53.5. The highest BCUT2D eigenvalue weighted by atomic mass is 16.6. The summed E-state index contributed by atoms with van der Waals surface area (Å²) < 4.78 is 22.7. The number of nitrogens with one attached hydrogen (secondary N) is 2. The Morgan fingerprint density at radius 1 is 0.773 bits per heavy atom. The molecule has 0 heterocycles. The Morgan fingerprint density at radius 2 is 1.45 bits per heavy atom. The highest BCUT2D eigenvalue weighted by Gasteiger charge is 2.58. The van der Waals surface area contributed by atoms with Gasteiger partial charge in [-0.05, 0) is 177 Å². The summed E-state index contributed by atoms with van der Waals surface area (Å²) in [6.45, 7) is 24.8. The van der Waals surface area contributed by atoms with Gasteiger partial charge < -0.3 is 34.5 Å². The summed E-state index contributed by atoms with van der Waals surface area (Å²) in [4.78, 5) is 41.4. The standard InChI is InChI=1S/C56H93N3O7/c1-40(2)20-16-17-21-42-25-29-47-46-28-24-43-38-45(30-33-56(43,11)48(46)31-34-55(42,47)10)65-51(62)59(37-35-54(8,9)58-50(61)66-52(3,4)5)36-19-15-13-14-18-32-53(6,7)57-49(60)64-39-41-22-26-44(63-12)27-23-41/h22-24,26-27,40,42,45-48H,13-21,25,28-39H2,1-12H3,(H,57,60)(H,58,61). The lowest BCUT2D eigenvalue weighted by molar-refractivity contribution is -0.0534. The number of rotatable bonds is 22. The minimum atomic E-state index is -0.596. The predicted octanol–water partition coefficient (Wildman–Crippen LogP) is 14.3. The van der Waals surface area contributed by atoms with E-state index >= 15 is 0 Å². The molecule has 0 saturated heterocycles. The summed E-state index contributed by atoms with van der Waals surface area (Å²) in [7, 11) is 1.63. The molecule has 3 fully saturated rings. The van der Waals surface area contributed by atoms with Crippen molar-refractivity contribution in [2.45, 2.75) is 228 Å². The summed E-state index contributed by atoms with van der Waals surface area (Å²) in [5.74, 6) is 4.82. The van der Waals surface area contributed by atoms with Crippen LogP contribution in [0.1, 0.15) is 204 Å². The zero-order valence-electron chi connectivity index (χ0n) is 43.7. The van der Waals surface area contributed by atoms with Crippen molar-refractivity contribution in [1.82, 2.24) is 15.5 Å². The molecule has 374 valence electrons. The van der Waals surface area contributed by atoms with Gasteiger partial charge >= 0.3 is 18.3 Å². The number of hydrogen-bond donors (Lipinski definition) is 2. The van der Waals surface area contributed by atoms with Crippen molar-refractivity contribution in [3.63, 3.8) is 0 Å². The predicted molar refractivity (Wildman–Crippen MR) is 267 cm³/mol. The van der Waals surface area contributed by atoms with Crippen LogP contribution in [0, 0.1) is 40.4 Å². The van der Waals surface area contributed by atoms with Gasteiger partial charge in [-0.15, -0.1) is 0 Å². The Kier molecular flexibility index (Phi) is 18.9. The first-order valence-electron chi connectivity index (χ1n) is 26.3. The second kappa shape index (κ2) is 23.2. The van der Waals surface area contributed by atoms with Crippen LogP contribution in [0.15, 0.2) is 35.9 Å². The van der Waals surface area contributed by atoms with Crippen molar-refractivity contribution in [3.8, 4) is 5.75 Å². The van der Waals surface area contributed by atoms with Gasteiger partial charge in [-0.3, -0.25) is 0 Å². The number of amides is 3. The number of allylic oxidation sites excluding steroid dienone is 1. The van der Waals surface area contributed by atoms with Crippen LogP contribution in [0.25, 0.3) is 0 Å². The Labute approximate surface area is 401 Å². The van der Waals surface area contributed by atoms with Gasteiger partial charge in [0, 0.05) is 30.6 Å². The van der Waals surface area contributed by atoms with Crippen molar-refractivity contribution in [2.75, 3.05) is 20.2 Å². The molecule has 0 aliphatic heterocycles. The van der Waals surface area contributed by atoms with Gasteiger partial charge in [0.1, 0.15) is 24.1 Å². The molecule has 3 saturated carbocycles. The number of ether oxygens (including phenoxy) is 4. The second-order valence-corrected chi connectivity index (χ2v) is 24.2. The molecule has 66 heavy (non-hydrogen) atoms. The fourth-order valence-corrected chi connectivity index (χ4v) is 12.5. The molecule has 10 heteroatoms. The number of fused-ring (bicyclic) bond motifs is 5. The van der Waals surface area contributed by atoms with E-state index in [1.807, 2.05) is 77.6 Å². The minimum Gasteiger partial charge on any atom is -0.497 e. The van der Waals surface area contributed by atoms with Gasteiger partial charge in [-0.1, -0.05) is 96.4 Å². The normalized spacial score (nSPS) is 26.3. The van der Waals surface area contributed by atoms with Gasteiger partial charge in [0.2, 0.25) is 0 Å². The fourth-order valence-electron chi connectivity index (χ4n) is 12.5. The van der Waals surface area contributed by atoms with Gasteiger partial charge in [-0.2, -0.15) is 0 Å². The highest BCUT2D eigenvalue weighted by molar-refractivity contribution is 5.69. The Morgan fingerprint density at radius 3 is 2.15 bits per heavy atom. The van der Waals surface area contributed by atoms with Crippen molar-refractivity contribution in [2.24, 2.45) is 40.4 Å². The third-order valence-corrected chi connectivity index (χ3v) is 16.4. The molecule has 10 nitrogen and oxygen atoms in total. The quantitative estimate of drug-likeness (QED) is 0.0676. The van der Waals surface area contributed by atoms with E-state index in [1.54, 1.807) is 7.11 Å². The molecule has 1 aromatic carbocycles. The molecule has 2 N–H and O–H groups in total. The fraction of sp³-hybridized carbons (Fsp3) is 0.804. The highest BCUT2D eigenvalue weighted by Crippen LogP contribution is 2.67. The van der Waals surface area contributed by atoms with Crippen LogP contribution in [-0.2, 0) is 20.8 Å². The topological polar surface area (TPSA) is 115 Å². The first-order chi connectivity index (χ1) is 31.0. The van der Waals surface area contributed by atoms with E-state index in [4.69, 9.17) is 18.9 Å². The van der Waals surface area contributed by atoms with E-state index in [1.165, 1.54) is 63.4 Å². The Bertz CT molecular complexity index is 1750. The maximum atomic E-state index is 14.2. The molecule has 7 unspecified atom stereocenters. The molecule has 0 bridgehead atoms. The molecule has 0 spiro atoms. The SMILES string of the molecule is COc1ccc(COC(=O)NC(C)(C)CCCCCCCN(CCC(C)(C)NC(=O)OC(C)(C)C)C(=O)OC2CCC3(C)C(=CCC4C3CCC3(C)C(CCCCC(C)C)CCC43)C2)cc1. The van der Waals surface area contributed by atoms with Crippen LogP contribution in [0.3, 0.4) is 0 Å². The maximum Gasteiger partial charge on any atom is 0.410 e. The molecular weight excluding hydrogens is 827 g/mol. The second-order valence-electron chi connectivity index (χ2n) is 24.2. The number of methoxy groups -OCH3 is 1. The van der Waals surface area contributed by atoms with E-state index in [0.717, 1.165) is 98.7 Å². The summed E-state index contributed by atoms with van der Waals surface area (Å²) >= 11 is 0. The summed E-state index contributed by atoms with van der Waals surface area (Å²) in [6, 6.07) is 7.49. The van der Waals surface area contributed by atoms with Crippen molar-refractivity contribution < 1.29 is 33.3 Å².